The maximum atomic E-state index is 13.9. The summed E-state index contributed by atoms with van der Waals surface area (Å²) in [6, 6.07) is 2.55. The number of benzene rings is 1. The van der Waals surface area contributed by atoms with Crippen molar-refractivity contribution in [2.75, 3.05) is 13.1 Å². The Morgan fingerprint density at radius 3 is 2.39 bits per heavy atom. The fourth-order valence-electron chi connectivity index (χ4n) is 2.83. The average molecular weight is 325 g/mol. The molecule has 0 saturated carbocycles. The van der Waals surface area contributed by atoms with Gasteiger partial charge in [-0.15, -0.1) is 0 Å². The van der Waals surface area contributed by atoms with Crippen LogP contribution in [0.5, 0.6) is 0 Å². The maximum absolute atomic E-state index is 13.9. The Labute approximate surface area is 136 Å². The molecule has 1 heterocycles. The van der Waals surface area contributed by atoms with Gasteiger partial charge in [0.15, 0.2) is 0 Å². The van der Waals surface area contributed by atoms with E-state index < -0.39 is 17.2 Å². The molecule has 1 aromatic carbocycles. The zero-order valence-corrected chi connectivity index (χ0v) is 14.3. The van der Waals surface area contributed by atoms with E-state index in [-0.39, 0.29) is 6.09 Å². The second-order valence-electron chi connectivity index (χ2n) is 7.31. The van der Waals surface area contributed by atoms with Gasteiger partial charge in [0.2, 0.25) is 0 Å². The van der Waals surface area contributed by atoms with Gasteiger partial charge in [-0.05, 0) is 64.0 Å². The Bertz CT molecular complexity index is 573. The zero-order chi connectivity index (χ0) is 17.2. The Kier molecular flexibility index (Phi) is 5.27. The van der Waals surface area contributed by atoms with Gasteiger partial charge in [-0.2, -0.15) is 0 Å². The van der Waals surface area contributed by atoms with E-state index in [0.717, 1.165) is 18.9 Å². The smallest absolute Gasteiger partial charge is 0.410 e. The number of hydrogen-bond acceptors (Lipinski definition) is 2. The number of aryl methyl sites for hydroxylation is 1. The van der Waals surface area contributed by atoms with Gasteiger partial charge in [-0.25, -0.2) is 13.6 Å². The van der Waals surface area contributed by atoms with E-state index in [1.54, 1.807) is 17.9 Å². The number of carbonyl (C=O) groups is 1. The van der Waals surface area contributed by atoms with Crippen molar-refractivity contribution < 1.29 is 18.3 Å². The number of hydrogen-bond donors (Lipinski definition) is 0. The molecule has 1 aliphatic heterocycles. The lowest BCUT2D eigenvalue weighted by Crippen LogP contribution is -2.42. The lowest BCUT2D eigenvalue weighted by molar-refractivity contribution is 0.0184. The van der Waals surface area contributed by atoms with Gasteiger partial charge in [-0.3, -0.25) is 0 Å². The molecule has 0 N–H and O–H groups in total. The highest BCUT2D eigenvalue weighted by molar-refractivity contribution is 5.68. The van der Waals surface area contributed by atoms with E-state index in [0.29, 0.717) is 36.6 Å². The zero-order valence-electron chi connectivity index (χ0n) is 14.3. The summed E-state index contributed by atoms with van der Waals surface area (Å²) in [4.78, 5) is 13.7. The molecule has 2 rings (SSSR count). The van der Waals surface area contributed by atoms with E-state index >= 15 is 0 Å². The molecular formula is C18H25F2NO2. The minimum Gasteiger partial charge on any atom is -0.444 e. The van der Waals surface area contributed by atoms with Crippen LogP contribution in [-0.2, 0) is 11.2 Å². The van der Waals surface area contributed by atoms with Gasteiger partial charge in [0, 0.05) is 19.2 Å². The van der Waals surface area contributed by atoms with Gasteiger partial charge in [0.05, 0.1) is 0 Å². The number of amides is 1. The van der Waals surface area contributed by atoms with Crippen LogP contribution in [0.15, 0.2) is 12.1 Å². The largest absolute Gasteiger partial charge is 0.444 e. The molecule has 0 radical (unpaired) electrons. The summed E-state index contributed by atoms with van der Waals surface area (Å²) in [6.45, 7) is 8.40. The number of halogens is 2. The first-order chi connectivity index (χ1) is 10.7. The number of carbonyl (C=O) groups excluding carboxylic acids is 1. The van der Waals surface area contributed by atoms with Crippen molar-refractivity contribution in [3.8, 4) is 0 Å². The van der Waals surface area contributed by atoms with Gasteiger partial charge in [0.25, 0.3) is 0 Å². The van der Waals surface area contributed by atoms with Crippen molar-refractivity contribution in [2.24, 2.45) is 5.92 Å². The van der Waals surface area contributed by atoms with Crippen LogP contribution in [0.25, 0.3) is 0 Å². The molecule has 128 valence electrons. The highest BCUT2D eigenvalue weighted by Crippen LogP contribution is 2.25. The summed E-state index contributed by atoms with van der Waals surface area (Å²) in [5.74, 6) is -0.693. The molecule has 0 aromatic heterocycles. The van der Waals surface area contributed by atoms with Gasteiger partial charge in [-0.1, -0.05) is 6.07 Å². The Morgan fingerprint density at radius 2 is 1.83 bits per heavy atom. The second-order valence-corrected chi connectivity index (χ2v) is 7.31. The molecule has 0 unspecified atom stereocenters. The summed E-state index contributed by atoms with van der Waals surface area (Å²) in [5.41, 5.74) is 0.523. The van der Waals surface area contributed by atoms with E-state index in [9.17, 15) is 13.6 Å². The summed E-state index contributed by atoms with van der Waals surface area (Å²) in [5, 5.41) is 0. The van der Waals surface area contributed by atoms with Gasteiger partial charge < -0.3 is 9.64 Å². The molecule has 1 aromatic rings. The lowest BCUT2D eigenvalue weighted by Gasteiger charge is -2.33. The summed E-state index contributed by atoms with van der Waals surface area (Å²) in [7, 11) is 0. The van der Waals surface area contributed by atoms with Crippen LogP contribution in [0.2, 0.25) is 0 Å². The molecule has 5 heteroatoms. The number of rotatable bonds is 2. The van der Waals surface area contributed by atoms with Crippen molar-refractivity contribution in [1.29, 1.82) is 0 Å². The van der Waals surface area contributed by atoms with Crippen molar-refractivity contribution in [3.63, 3.8) is 0 Å². The summed E-state index contributed by atoms with van der Waals surface area (Å²) in [6.07, 6.45) is 1.89. The minimum absolute atomic E-state index is 0.292. The molecule has 1 fully saturated rings. The number of ether oxygens (including phenoxy) is 1. The topological polar surface area (TPSA) is 29.5 Å². The standard InChI is InChI=1S/C18H25F2NO2/c1-12-9-14(16(20)11-15(12)19)10-13-5-7-21(8-6-13)17(22)23-18(2,3)4/h9,11,13H,5-8,10H2,1-4H3. The summed E-state index contributed by atoms with van der Waals surface area (Å²) >= 11 is 0. The van der Waals surface area contributed by atoms with Crippen molar-refractivity contribution in [3.05, 3.63) is 34.9 Å². The number of nitrogens with zero attached hydrogens (tertiary/aromatic N) is 1. The molecule has 0 aliphatic carbocycles. The summed E-state index contributed by atoms with van der Waals surface area (Å²) < 4.78 is 32.5. The molecule has 0 atom stereocenters. The molecule has 3 nitrogen and oxygen atoms in total. The fourth-order valence-corrected chi connectivity index (χ4v) is 2.83. The maximum Gasteiger partial charge on any atom is 0.410 e. The SMILES string of the molecule is Cc1cc(CC2CCN(C(=O)OC(C)(C)C)CC2)c(F)cc1F. The Hall–Kier alpha value is -1.65. The lowest BCUT2D eigenvalue weighted by atomic mass is 9.89. The quantitative estimate of drug-likeness (QED) is 0.803. The van der Waals surface area contributed by atoms with Crippen molar-refractivity contribution >= 4 is 6.09 Å². The number of piperidine rings is 1. The first-order valence-electron chi connectivity index (χ1n) is 8.08. The van der Waals surface area contributed by atoms with Crippen LogP contribution >= 0.6 is 0 Å². The molecule has 1 amide bonds. The minimum atomic E-state index is -0.508. The highest BCUT2D eigenvalue weighted by Gasteiger charge is 2.27. The van der Waals surface area contributed by atoms with Crippen LogP contribution in [0, 0.1) is 24.5 Å². The van der Waals surface area contributed by atoms with Gasteiger partial charge >= 0.3 is 6.09 Å². The highest BCUT2D eigenvalue weighted by atomic mass is 19.1. The Morgan fingerprint density at radius 1 is 1.22 bits per heavy atom. The Balaban J connectivity index is 1.90. The second kappa shape index (κ2) is 6.85. The third kappa shape index (κ3) is 4.91. The molecule has 1 aliphatic rings. The molecule has 0 bridgehead atoms. The fraction of sp³-hybridized carbons (Fsp3) is 0.611. The van der Waals surface area contributed by atoms with Crippen LogP contribution in [0.1, 0.15) is 44.7 Å². The van der Waals surface area contributed by atoms with E-state index in [2.05, 4.69) is 0 Å². The predicted octanol–water partition coefficient (Wildman–Crippen LogP) is 4.46. The van der Waals surface area contributed by atoms with Crippen molar-refractivity contribution in [2.45, 2.75) is 52.6 Å². The normalized spacial score (nSPS) is 16.5. The van der Waals surface area contributed by atoms with Crippen LogP contribution < -0.4 is 0 Å². The third-order valence-electron chi connectivity index (χ3n) is 4.10. The third-order valence-corrected chi connectivity index (χ3v) is 4.10. The molecule has 0 spiro atoms. The van der Waals surface area contributed by atoms with Crippen LogP contribution in [0.3, 0.4) is 0 Å². The van der Waals surface area contributed by atoms with E-state index in [1.165, 1.54) is 0 Å². The molecule has 1 saturated heterocycles. The van der Waals surface area contributed by atoms with Crippen LogP contribution in [-0.4, -0.2) is 29.7 Å². The molecular weight excluding hydrogens is 300 g/mol. The van der Waals surface area contributed by atoms with Gasteiger partial charge in [0.1, 0.15) is 17.2 Å². The first-order valence-corrected chi connectivity index (χ1v) is 8.08. The van der Waals surface area contributed by atoms with Crippen molar-refractivity contribution in [1.82, 2.24) is 4.90 Å². The first kappa shape index (κ1) is 17.7. The van der Waals surface area contributed by atoms with E-state index in [1.807, 2.05) is 20.8 Å². The molecule has 23 heavy (non-hydrogen) atoms. The average Bonchev–Trinajstić information content (AvgIpc) is 2.43. The van der Waals surface area contributed by atoms with Crippen LogP contribution in [0.4, 0.5) is 13.6 Å². The number of likely N-dealkylation sites (tertiary alicyclic amines) is 1. The monoisotopic (exact) mass is 325 g/mol. The van der Waals surface area contributed by atoms with E-state index in [4.69, 9.17) is 4.74 Å². The predicted molar refractivity (Wildman–Crippen MR) is 85.3 cm³/mol.